The molecule has 1 saturated heterocycles. The van der Waals surface area contributed by atoms with Crippen LogP contribution in [0.5, 0.6) is 5.75 Å². The van der Waals surface area contributed by atoms with Crippen molar-refractivity contribution in [1.29, 1.82) is 0 Å². The Bertz CT molecular complexity index is 596. The first-order valence-corrected chi connectivity index (χ1v) is 8.45. The van der Waals surface area contributed by atoms with Crippen LogP contribution < -0.4 is 4.74 Å². The number of benzene rings is 1. The van der Waals surface area contributed by atoms with Gasteiger partial charge in [0.2, 0.25) is 5.91 Å². The summed E-state index contributed by atoms with van der Waals surface area (Å²) in [6.07, 6.45) is 1.23. The molecule has 1 aliphatic rings. The van der Waals surface area contributed by atoms with E-state index in [1.807, 2.05) is 20.8 Å². The van der Waals surface area contributed by atoms with Crippen LogP contribution in [-0.2, 0) is 4.79 Å². The van der Waals surface area contributed by atoms with Crippen LogP contribution in [0.15, 0.2) is 18.2 Å². The van der Waals surface area contributed by atoms with Crippen LogP contribution in [0.3, 0.4) is 0 Å². The van der Waals surface area contributed by atoms with Crippen LogP contribution in [-0.4, -0.2) is 53.9 Å². The molecule has 1 aliphatic heterocycles. The fraction of sp³-hybridized carbons (Fsp3) is 0.556. The Morgan fingerprint density at radius 3 is 2.33 bits per heavy atom. The fourth-order valence-corrected chi connectivity index (χ4v) is 2.70. The molecule has 1 heterocycles. The Morgan fingerprint density at radius 2 is 1.79 bits per heavy atom. The third-order valence-electron chi connectivity index (χ3n) is 3.92. The van der Waals surface area contributed by atoms with Crippen LogP contribution in [0, 0.1) is 5.82 Å². The average Bonchev–Trinajstić information content (AvgIpc) is 2.56. The molecule has 0 bridgehead atoms. The first-order chi connectivity index (χ1) is 11.4. The summed E-state index contributed by atoms with van der Waals surface area (Å²) >= 11 is 0. The molecule has 0 spiro atoms. The minimum Gasteiger partial charge on any atom is -0.488 e. The monoisotopic (exact) mass is 336 g/mol. The van der Waals surface area contributed by atoms with Gasteiger partial charge in [0, 0.05) is 38.2 Å². The molecular weight excluding hydrogens is 311 g/mol. The van der Waals surface area contributed by atoms with Crippen molar-refractivity contribution in [2.75, 3.05) is 26.2 Å². The third-order valence-corrected chi connectivity index (χ3v) is 3.92. The van der Waals surface area contributed by atoms with E-state index in [4.69, 9.17) is 4.74 Å². The van der Waals surface area contributed by atoms with Crippen LogP contribution in [0.25, 0.3) is 0 Å². The van der Waals surface area contributed by atoms with Crippen LogP contribution in [0.1, 0.15) is 44.0 Å². The number of piperazine rings is 1. The Hall–Kier alpha value is -2.11. The maximum Gasteiger partial charge on any atom is 0.254 e. The minimum absolute atomic E-state index is 0.130. The summed E-state index contributed by atoms with van der Waals surface area (Å²) in [5, 5.41) is 0. The van der Waals surface area contributed by atoms with E-state index >= 15 is 0 Å². The number of nitrogens with zero attached hydrogens (tertiary/aromatic N) is 2. The fourth-order valence-electron chi connectivity index (χ4n) is 2.70. The first-order valence-electron chi connectivity index (χ1n) is 8.45. The summed E-state index contributed by atoms with van der Waals surface area (Å²) in [7, 11) is 0. The molecule has 0 atom stereocenters. The highest BCUT2D eigenvalue weighted by atomic mass is 19.1. The number of halogens is 1. The van der Waals surface area contributed by atoms with E-state index in [1.54, 1.807) is 15.9 Å². The molecule has 132 valence electrons. The van der Waals surface area contributed by atoms with Crippen LogP contribution in [0.2, 0.25) is 0 Å². The Balaban J connectivity index is 1.98. The first kappa shape index (κ1) is 18.2. The zero-order valence-corrected chi connectivity index (χ0v) is 14.5. The maximum atomic E-state index is 14.0. The summed E-state index contributed by atoms with van der Waals surface area (Å²) < 4.78 is 19.4. The number of carbonyl (C=O) groups is 2. The summed E-state index contributed by atoms with van der Waals surface area (Å²) in [5.74, 6) is -0.471. The van der Waals surface area contributed by atoms with E-state index in [0.717, 1.165) is 6.42 Å². The summed E-state index contributed by atoms with van der Waals surface area (Å²) in [6, 6.07) is 4.29. The van der Waals surface area contributed by atoms with Gasteiger partial charge in [-0.25, -0.2) is 4.39 Å². The SMILES string of the molecule is CCCC(=O)N1CCN(C(=O)c2ccc(OC(C)C)c(F)c2)CC1. The predicted octanol–water partition coefficient (Wildman–Crippen LogP) is 2.70. The van der Waals surface area contributed by atoms with E-state index in [1.165, 1.54) is 12.1 Å². The number of hydrogen-bond acceptors (Lipinski definition) is 3. The molecule has 6 heteroatoms. The van der Waals surface area contributed by atoms with Crippen LogP contribution in [0.4, 0.5) is 4.39 Å². The van der Waals surface area contributed by atoms with Crippen molar-refractivity contribution in [2.24, 2.45) is 0 Å². The maximum absolute atomic E-state index is 14.0. The second kappa shape index (κ2) is 8.13. The van der Waals surface area contributed by atoms with Crippen LogP contribution >= 0.6 is 0 Å². The van der Waals surface area contributed by atoms with Gasteiger partial charge in [0.25, 0.3) is 5.91 Å². The predicted molar refractivity (Wildman–Crippen MR) is 89.6 cm³/mol. The van der Waals surface area contributed by atoms with Crippen molar-refractivity contribution < 1.29 is 18.7 Å². The molecule has 1 aromatic rings. The van der Waals surface area contributed by atoms with Gasteiger partial charge in [0.15, 0.2) is 11.6 Å². The molecule has 5 nitrogen and oxygen atoms in total. The van der Waals surface area contributed by atoms with Gasteiger partial charge >= 0.3 is 0 Å². The van der Waals surface area contributed by atoms with Crippen molar-refractivity contribution in [3.8, 4) is 5.75 Å². The number of hydrogen-bond donors (Lipinski definition) is 0. The lowest BCUT2D eigenvalue weighted by Crippen LogP contribution is -2.50. The summed E-state index contributed by atoms with van der Waals surface area (Å²) in [6.45, 7) is 7.61. The molecule has 0 unspecified atom stereocenters. The van der Waals surface area contributed by atoms with Gasteiger partial charge in [-0.15, -0.1) is 0 Å². The average molecular weight is 336 g/mol. The summed E-state index contributed by atoms with van der Waals surface area (Å²) in [4.78, 5) is 27.8. The van der Waals surface area contributed by atoms with E-state index < -0.39 is 5.82 Å². The minimum atomic E-state index is -0.536. The van der Waals surface area contributed by atoms with Gasteiger partial charge < -0.3 is 14.5 Å². The van der Waals surface area contributed by atoms with Gasteiger partial charge in [-0.05, 0) is 38.5 Å². The van der Waals surface area contributed by atoms with Gasteiger partial charge in [0.05, 0.1) is 6.10 Å². The van der Waals surface area contributed by atoms with E-state index in [9.17, 15) is 14.0 Å². The molecule has 0 radical (unpaired) electrons. The second-order valence-electron chi connectivity index (χ2n) is 6.23. The van der Waals surface area contributed by atoms with Gasteiger partial charge in [0.1, 0.15) is 0 Å². The molecule has 24 heavy (non-hydrogen) atoms. The lowest BCUT2D eigenvalue weighted by atomic mass is 10.1. The number of carbonyl (C=O) groups excluding carboxylic acids is 2. The molecule has 2 rings (SSSR count). The molecule has 1 aromatic carbocycles. The third kappa shape index (κ3) is 4.46. The Labute approximate surface area is 142 Å². The smallest absolute Gasteiger partial charge is 0.254 e. The molecular formula is C18H25FN2O3. The number of ether oxygens (including phenoxy) is 1. The number of amides is 2. The van der Waals surface area contributed by atoms with Crippen molar-refractivity contribution in [1.82, 2.24) is 9.80 Å². The van der Waals surface area contributed by atoms with E-state index in [0.29, 0.717) is 38.2 Å². The summed E-state index contributed by atoms with van der Waals surface area (Å²) in [5.41, 5.74) is 0.303. The van der Waals surface area contributed by atoms with Crippen molar-refractivity contribution >= 4 is 11.8 Å². The highest BCUT2D eigenvalue weighted by molar-refractivity contribution is 5.94. The standard InChI is InChI=1S/C18H25FN2O3/c1-4-5-17(22)20-8-10-21(11-9-20)18(23)14-6-7-16(15(19)12-14)24-13(2)3/h6-7,12-13H,4-5,8-11H2,1-3H3. The molecule has 0 aliphatic carbocycles. The highest BCUT2D eigenvalue weighted by Crippen LogP contribution is 2.21. The second-order valence-corrected chi connectivity index (χ2v) is 6.23. The van der Waals surface area contributed by atoms with E-state index in [2.05, 4.69) is 0 Å². The largest absolute Gasteiger partial charge is 0.488 e. The normalized spacial score (nSPS) is 14.9. The van der Waals surface area contributed by atoms with Crippen molar-refractivity contribution in [3.05, 3.63) is 29.6 Å². The molecule has 0 aromatic heterocycles. The lowest BCUT2D eigenvalue weighted by Gasteiger charge is -2.35. The lowest BCUT2D eigenvalue weighted by molar-refractivity contribution is -0.132. The van der Waals surface area contributed by atoms with Gasteiger partial charge in [-0.2, -0.15) is 0 Å². The van der Waals surface area contributed by atoms with Gasteiger partial charge in [-0.3, -0.25) is 9.59 Å². The van der Waals surface area contributed by atoms with Crippen molar-refractivity contribution in [3.63, 3.8) is 0 Å². The zero-order chi connectivity index (χ0) is 17.7. The zero-order valence-electron chi connectivity index (χ0n) is 14.5. The molecule has 2 amide bonds. The van der Waals surface area contributed by atoms with Crippen molar-refractivity contribution in [2.45, 2.75) is 39.7 Å². The van der Waals surface area contributed by atoms with E-state index in [-0.39, 0.29) is 23.7 Å². The highest BCUT2D eigenvalue weighted by Gasteiger charge is 2.25. The molecule has 0 N–H and O–H groups in total. The molecule has 1 fully saturated rings. The van der Waals surface area contributed by atoms with Gasteiger partial charge in [-0.1, -0.05) is 6.92 Å². The Morgan fingerprint density at radius 1 is 1.17 bits per heavy atom. The quantitative estimate of drug-likeness (QED) is 0.831. The number of rotatable bonds is 5. The Kier molecular flexibility index (Phi) is 6.17. The molecule has 0 saturated carbocycles. The topological polar surface area (TPSA) is 49.9 Å².